The number of hydrogen-bond donors (Lipinski definition) is 1. The van der Waals surface area contributed by atoms with Gasteiger partial charge in [-0.05, 0) is 30.3 Å². The molecule has 1 heterocycles. The number of unbranched alkanes of at least 4 members (excludes halogenated alkanes) is 1. The molecule has 0 atom stereocenters. The topological polar surface area (TPSA) is 55.6 Å². The Bertz CT molecular complexity index is 286. The zero-order valence-electron chi connectivity index (χ0n) is 9.02. The molecule has 5 nitrogen and oxygen atoms in total. The molecule has 0 aliphatic carbocycles. The van der Waals surface area contributed by atoms with Crippen LogP contribution in [-0.2, 0) is 6.54 Å². The lowest BCUT2D eigenvalue weighted by Gasteiger charge is -2.02. The van der Waals surface area contributed by atoms with Gasteiger partial charge in [0.2, 0.25) is 5.16 Å². The fraction of sp³-hybridized carbons (Fsp3) is 0.667. The number of nitrogens with zero attached hydrogens (tertiary/aromatic N) is 4. The van der Waals surface area contributed by atoms with E-state index in [2.05, 4.69) is 27.4 Å². The van der Waals surface area contributed by atoms with Crippen LogP contribution in [0.5, 0.6) is 0 Å². The average Bonchev–Trinajstić information content (AvgIpc) is 2.69. The lowest BCUT2D eigenvalue weighted by atomic mass is 10.3. The highest BCUT2D eigenvalue weighted by atomic mass is 32.2. The predicted molar refractivity (Wildman–Crippen MR) is 61.9 cm³/mol. The molecule has 0 aromatic carbocycles. The van der Waals surface area contributed by atoms with Crippen LogP contribution in [-0.4, -0.2) is 39.6 Å². The Morgan fingerprint density at radius 2 is 2.47 bits per heavy atom. The lowest BCUT2D eigenvalue weighted by Crippen LogP contribution is -2.16. The van der Waals surface area contributed by atoms with E-state index >= 15 is 0 Å². The van der Waals surface area contributed by atoms with Crippen LogP contribution in [0.4, 0.5) is 0 Å². The standard InChI is InChI=1S/C9H17N5S/c1-3-4-5-8-15-9-11-12-13-14(9)7-6-10-2/h3,10H,1,4-8H2,2H3. The molecular weight excluding hydrogens is 210 g/mol. The van der Waals surface area contributed by atoms with Crippen molar-refractivity contribution in [3.8, 4) is 0 Å². The lowest BCUT2D eigenvalue weighted by molar-refractivity contribution is 0.530. The van der Waals surface area contributed by atoms with Gasteiger partial charge < -0.3 is 5.32 Å². The molecule has 0 aliphatic rings. The summed E-state index contributed by atoms with van der Waals surface area (Å²) in [5, 5.41) is 15.5. The quantitative estimate of drug-likeness (QED) is 0.407. The number of hydrogen-bond acceptors (Lipinski definition) is 5. The normalized spacial score (nSPS) is 10.5. The van der Waals surface area contributed by atoms with Gasteiger partial charge >= 0.3 is 0 Å². The zero-order chi connectivity index (χ0) is 10.9. The van der Waals surface area contributed by atoms with Gasteiger partial charge in [-0.25, -0.2) is 4.68 Å². The van der Waals surface area contributed by atoms with Crippen molar-refractivity contribution in [3.63, 3.8) is 0 Å². The minimum Gasteiger partial charge on any atom is -0.318 e. The molecule has 1 aromatic rings. The summed E-state index contributed by atoms with van der Waals surface area (Å²) >= 11 is 1.70. The molecule has 0 radical (unpaired) electrons. The highest BCUT2D eigenvalue weighted by Crippen LogP contribution is 2.15. The van der Waals surface area contributed by atoms with Gasteiger partial charge in [0.1, 0.15) is 0 Å². The molecule has 1 N–H and O–H groups in total. The van der Waals surface area contributed by atoms with Gasteiger partial charge in [-0.2, -0.15) is 0 Å². The summed E-state index contributed by atoms with van der Waals surface area (Å²) in [7, 11) is 1.92. The van der Waals surface area contributed by atoms with E-state index in [0.29, 0.717) is 0 Å². The van der Waals surface area contributed by atoms with Crippen LogP contribution in [0.1, 0.15) is 12.8 Å². The molecule has 0 saturated carbocycles. The molecule has 6 heteroatoms. The maximum Gasteiger partial charge on any atom is 0.209 e. The zero-order valence-corrected chi connectivity index (χ0v) is 9.83. The Hall–Kier alpha value is -0.880. The SMILES string of the molecule is C=CCCCSc1nnnn1CCNC. The summed E-state index contributed by atoms with van der Waals surface area (Å²) in [5.41, 5.74) is 0. The molecule has 0 fully saturated rings. The highest BCUT2D eigenvalue weighted by Gasteiger charge is 2.04. The number of rotatable bonds is 8. The van der Waals surface area contributed by atoms with Crippen molar-refractivity contribution >= 4 is 11.8 Å². The second-order valence-electron chi connectivity index (χ2n) is 3.07. The number of likely N-dealkylation sites (N-methyl/N-ethyl adjacent to an activating group) is 1. The first-order valence-corrected chi connectivity index (χ1v) is 6.01. The monoisotopic (exact) mass is 227 g/mol. The third-order valence-corrected chi connectivity index (χ3v) is 2.90. The van der Waals surface area contributed by atoms with Crippen LogP contribution < -0.4 is 5.32 Å². The fourth-order valence-electron chi connectivity index (χ4n) is 1.05. The molecule has 0 saturated heterocycles. The number of allylic oxidation sites excluding steroid dienone is 1. The molecule has 0 amide bonds. The number of nitrogens with one attached hydrogen (secondary N) is 1. The minimum atomic E-state index is 0.813. The maximum atomic E-state index is 3.98. The van der Waals surface area contributed by atoms with Gasteiger partial charge in [0, 0.05) is 12.3 Å². The van der Waals surface area contributed by atoms with Crippen molar-refractivity contribution in [1.82, 2.24) is 25.5 Å². The van der Waals surface area contributed by atoms with Gasteiger partial charge in [0.25, 0.3) is 0 Å². The largest absolute Gasteiger partial charge is 0.318 e. The number of tetrazole rings is 1. The summed E-state index contributed by atoms with van der Waals surface area (Å²) < 4.78 is 1.83. The van der Waals surface area contributed by atoms with E-state index < -0.39 is 0 Å². The van der Waals surface area contributed by atoms with E-state index in [1.54, 1.807) is 11.8 Å². The summed E-state index contributed by atoms with van der Waals surface area (Å²) in [4.78, 5) is 0. The van der Waals surface area contributed by atoms with Crippen molar-refractivity contribution in [2.75, 3.05) is 19.3 Å². The van der Waals surface area contributed by atoms with Gasteiger partial charge in [0.05, 0.1) is 6.54 Å². The first-order valence-electron chi connectivity index (χ1n) is 5.03. The van der Waals surface area contributed by atoms with Gasteiger partial charge in [0.15, 0.2) is 0 Å². The van der Waals surface area contributed by atoms with Crippen molar-refractivity contribution in [2.45, 2.75) is 24.5 Å². The minimum absolute atomic E-state index is 0.813. The third kappa shape index (κ3) is 4.44. The van der Waals surface area contributed by atoms with Crippen molar-refractivity contribution < 1.29 is 0 Å². The van der Waals surface area contributed by atoms with Crippen LogP contribution >= 0.6 is 11.8 Å². The van der Waals surface area contributed by atoms with Crippen molar-refractivity contribution in [2.24, 2.45) is 0 Å². The molecule has 0 bridgehead atoms. The Labute approximate surface area is 94.3 Å². The maximum absolute atomic E-state index is 3.98. The van der Waals surface area contributed by atoms with E-state index in [1.165, 1.54) is 0 Å². The van der Waals surface area contributed by atoms with Crippen LogP contribution in [0, 0.1) is 0 Å². The Kier molecular flexibility index (Phi) is 6.03. The fourth-order valence-corrected chi connectivity index (χ4v) is 1.91. The van der Waals surface area contributed by atoms with Gasteiger partial charge in [-0.3, -0.25) is 0 Å². The molecule has 15 heavy (non-hydrogen) atoms. The van der Waals surface area contributed by atoms with Crippen LogP contribution in [0.2, 0.25) is 0 Å². The first-order chi connectivity index (χ1) is 7.38. The molecule has 0 spiro atoms. The van der Waals surface area contributed by atoms with Crippen LogP contribution in [0.25, 0.3) is 0 Å². The molecular formula is C9H17N5S. The van der Waals surface area contributed by atoms with Gasteiger partial charge in [-0.15, -0.1) is 11.7 Å². The van der Waals surface area contributed by atoms with Crippen LogP contribution in [0.15, 0.2) is 17.8 Å². The van der Waals surface area contributed by atoms with E-state index in [0.717, 1.165) is 36.8 Å². The molecule has 84 valence electrons. The second kappa shape index (κ2) is 7.42. The van der Waals surface area contributed by atoms with E-state index in [1.807, 2.05) is 17.8 Å². The molecule has 0 unspecified atom stereocenters. The smallest absolute Gasteiger partial charge is 0.209 e. The predicted octanol–water partition coefficient (Wildman–Crippen LogP) is 0.951. The summed E-state index contributed by atoms with van der Waals surface area (Å²) in [5.74, 6) is 1.03. The Morgan fingerprint density at radius 1 is 1.60 bits per heavy atom. The average molecular weight is 227 g/mol. The van der Waals surface area contributed by atoms with Crippen molar-refractivity contribution in [3.05, 3.63) is 12.7 Å². The summed E-state index contributed by atoms with van der Waals surface area (Å²) in [6, 6.07) is 0. The highest BCUT2D eigenvalue weighted by molar-refractivity contribution is 7.99. The first kappa shape index (κ1) is 12.2. The van der Waals surface area contributed by atoms with E-state index in [4.69, 9.17) is 0 Å². The van der Waals surface area contributed by atoms with Crippen molar-refractivity contribution in [1.29, 1.82) is 0 Å². The molecule has 1 rings (SSSR count). The number of thioether (sulfide) groups is 1. The Balaban J connectivity index is 2.32. The molecule has 1 aromatic heterocycles. The van der Waals surface area contributed by atoms with E-state index in [-0.39, 0.29) is 0 Å². The summed E-state index contributed by atoms with van der Waals surface area (Å²) in [6.45, 7) is 5.38. The number of aromatic nitrogens is 4. The summed E-state index contributed by atoms with van der Waals surface area (Å²) in [6.07, 6.45) is 4.10. The van der Waals surface area contributed by atoms with E-state index in [9.17, 15) is 0 Å². The van der Waals surface area contributed by atoms with Gasteiger partial charge in [-0.1, -0.05) is 17.8 Å². The Morgan fingerprint density at radius 3 is 3.20 bits per heavy atom. The second-order valence-corrected chi connectivity index (χ2v) is 4.13. The molecule has 0 aliphatic heterocycles. The van der Waals surface area contributed by atoms with Crippen LogP contribution in [0.3, 0.4) is 0 Å². The third-order valence-electron chi connectivity index (χ3n) is 1.86.